The minimum Gasteiger partial charge on any atom is -0.465 e. The number of aromatic nitrogens is 2. The summed E-state index contributed by atoms with van der Waals surface area (Å²) in [5, 5.41) is 0. The number of sulfonamides is 1. The lowest BCUT2D eigenvalue weighted by molar-refractivity contribution is 0.0556. The van der Waals surface area contributed by atoms with Gasteiger partial charge in [0.2, 0.25) is 0 Å². The number of aryl methyl sites for hydroxylation is 1. The number of carbonyl (C=O) groups is 2. The number of hydrogen-bond acceptors (Lipinski definition) is 7. The van der Waals surface area contributed by atoms with Gasteiger partial charge in [-0.2, -0.15) is 8.42 Å². The highest BCUT2D eigenvalue weighted by Gasteiger charge is 2.33. The summed E-state index contributed by atoms with van der Waals surface area (Å²) in [7, 11) is -1.75. The topological polar surface area (TPSA) is 117 Å². The second-order valence-electron chi connectivity index (χ2n) is 6.63. The molecule has 0 aliphatic rings. The Bertz CT molecular complexity index is 1230. The molecule has 0 spiro atoms. The average Bonchev–Trinajstić information content (AvgIpc) is 3.05. The molecule has 1 aromatic carbocycles. The summed E-state index contributed by atoms with van der Waals surface area (Å²) >= 11 is 0. The average molecular weight is 443 g/mol. The number of benzene rings is 1. The maximum absolute atomic E-state index is 13.1. The van der Waals surface area contributed by atoms with Crippen molar-refractivity contribution in [3.05, 3.63) is 71.0 Å². The lowest BCUT2D eigenvalue weighted by Crippen LogP contribution is -2.25. The first-order valence-electron chi connectivity index (χ1n) is 9.14. The molecule has 0 aliphatic carbocycles. The minimum atomic E-state index is -4.07. The van der Waals surface area contributed by atoms with E-state index >= 15 is 0 Å². The van der Waals surface area contributed by atoms with Crippen LogP contribution in [0.2, 0.25) is 0 Å². The van der Waals surface area contributed by atoms with Crippen molar-refractivity contribution in [2.45, 2.75) is 18.7 Å². The van der Waals surface area contributed by atoms with Crippen LogP contribution in [0.5, 0.6) is 0 Å². The Morgan fingerprint density at radius 1 is 0.935 bits per heavy atom. The Balaban J connectivity index is 2.31. The van der Waals surface area contributed by atoms with Crippen molar-refractivity contribution >= 4 is 22.0 Å². The first kappa shape index (κ1) is 22.0. The van der Waals surface area contributed by atoms with E-state index in [1.165, 1.54) is 25.3 Å². The van der Waals surface area contributed by atoms with Gasteiger partial charge in [-0.05, 0) is 38.1 Å². The largest absolute Gasteiger partial charge is 0.465 e. The Morgan fingerprint density at radius 3 is 2.10 bits per heavy atom. The van der Waals surface area contributed by atoms with Crippen molar-refractivity contribution in [2.24, 2.45) is 0 Å². The van der Waals surface area contributed by atoms with Crippen LogP contribution >= 0.6 is 0 Å². The number of esters is 2. The third-order valence-corrected chi connectivity index (χ3v) is 5.95. The molecule has 0 saturated carbocycles. The molecular weight excluding hydrogens is 422 g/mol. The highest BCUT2D eigenvalue weighted by molar-refractivity contribution is 7.92. The third kappa shape index (κ3) is 4.15. The zero-order chi connectivity index (χ0) is 22.8. The Kier molecular flexibility index (Phi) is 6.11. The van der Waals surface area contributed by atoms with E-state index in [1.807, 2.05) is 6.92 Å². The van der Waals surface area contributed by atoms with Crippen LogP contribution in [0.1, 0.15) is 32.0 Å². The van der Waals surface area contributed by atoms with Crippen LogP contribution in [-0.4, -0.2) is 44.2 Å². The molecule has 3 aromatic rings. The molecule has 1 N–H and O–H groups in total. The van der Waals surface area contributed by atoms with Crippen molar-refractivity contribution in [1.82, 2.24) is 9.66 Å². The zero-order valence-electron chi connectivity index (χ0n) is 17.4. The molecule has 9 nitrogen and oxygen atoms in total. The molecule has 31 heavy (non-hydrogen) atoms. The number of pyridine rings is 1. The third-order valence-electron chi connectivity index (χ3n) is 4.64. The van der Waals surface area contributed by atoms with Gasteiger partial charge in [0.05, 0.1) is 36.1 Å². The summed E-state index contributed by atoms with van der Waals surface area (Å²) in [5.74, 6) is -1.65. The summed E-state index contributed by atoms with van der Waals surface area (Å²) in [6.45, 7) is 3.33. The first-order chi connectivity index (χ1) is 14.7. The molecule has 2 heterocycles. The standard InChI is InChI=1S/C21H21N3O6S/c1-13-8-10-15(11-9-13)31(27,28)23-24-14(2)17(20(25)29-3)18(21(26)30-4)19(24)16-7-5-6-12-22-16/h5-12,23H,1-4H3. The molecule has 0 amide bonds. The fourth-order valence-corrected chi connectivity index (χ4v) is 4.16. The van der Waals surface area contributed by atoms with E-state index in [9.17, 15) is 18.0 Å². The Hall–Kier alpha value is -3.66. The number of methoxy groups -OCH3 is 2. The number of nitrogens with zero attached hydrogens (tertiary/aromatic N) is 2. The van der Waals surface area contributed by atoms with Crippen molar-refractivity contribution in [2.75, 3.05) is 19.1 Å². The maximum Gasteiger partial charge on any atom is 0.341 e. The van der Waals surface area contributed by atoms with E-state index in [1.54, 1.807) is 30.3 Å². The van der Waals surface area contributed by atoms with Gasteiger partial charge in [0.15, 0.2) is 0 Å². The molecule has 162 valence electrons. The van der Waals surface area contributed by atoms with Crippen molar-refractivity contribution < 1.29 is 27.5 Å². The predicted octanol–water partition coefficient (Wildman–Crippen LogP) is 2.67. The van der Waals surface area contributed by atoms with Gasteiger partial charge in [-0.3, -0.25) is 4.98 Å². The van der Waals surface area contributed by atoms with Crippen LogP contribution in [-0.2, 0) is 19.5 Å². The van der Waals surface area contributed by atoms with Gasteiger partial charge in [0.25, 0.3) is 10.0 Å². The molecule has 10 heteroatoms. The van der Waals surface area contributed by atoms with Crippen LogP contribution in [0, 0.1) is 13.8 Å². The van der Waals surface area contributed by atoms with Crippen LogP contribution in [0.3, 0.4) is 0 Å². The predicted molar refractivity (Wildman–Crippen MR) is 113 cm³/mol. The number of hydrogen-bond donors (Lipinski definition) is 1. The van der Waals surface area contributed by atoms with Gasteiger partial charge < -0.3 is 9.47 Å². The fourth-order valence-electron chi connectivity index (χ4n) is 3.09. The van der Waals surface area contributed by atoms with E-state index in [0.717, 1.165) is 24.5 Å². The van der Waals surface area contributed by atoms with Crippen LogP contribution in [0.25, 0.3) is 11.4 Å². The molecule has 0 atom stereocenters. The lowest BCUT2D eigenvalue weighted by Gasteiger charge is -2.15. The molecule has 0 saturated heterocycles. The van der Waals surface area contributed by atoms with Crippen LogP contribution < -0.4 is 4.83 Å². The van der Waals surface area contributed by atoms with Gasteiger partial charge in [-0.15, -0.1) is 0 Å². The normalized spacial score (nSPS) is 11.1. The van der Waals surface area contributed by atoms with E-state index in [2.05, 4.69) is 9.82 Å². The lowest BCUT2D eigenvalue weighted by atomic mass is 10.1. The number of carbonyl (C=O) groups excluding carboxylic acids is 2. The monoisotopic (exact) mass is 443 g/mol. The van der Waals surface area contributed by atoms with Crippen molar-refractivity contribution in [3.63, 3.8) is 0 Å². The molecule has 0 unspecified atom stereocenters. The SMILES string of the molecule is COC(=O)c1c(C(=O)OC)c(-c2ccccn2)n(NS(=O)(=O)c2ccc(C)cc2)c1C. The number of rotatable bonds is 6. The molecular formula is C21H21N3O6S. The summed E-state index contributed by atoms with van der Waals surface area (Å²) in [6.07, 6.45) is 1.48. The highest BCUT2D eigenvalue weighted by Crippen LogP contribution is 2.32. The summed E-state index contributed by atoms with van der Waals surface area (Å²) in [5.41, 5.74) is 1.07. The number of ether oxygens (including phenoxy) is 2. The Morgan fingerprint density at radius 2 is 1.55 bits per heavy atom. The van der Waals surface area contributed by atoms with E-state index in [-0.39, 0.29) is 33.1 Å². The quantitative estimate of drug-likeness (QED) is 0.582. The minimum absolute atomic E-state index is 0.0115. The molecule has 0 aliphatic heterocycles. The van der Waals surface area contributed by atoms with E-state index in [0.29, 0.717) is 0 Å². The fraction of sp³-hybridized carbons (Fsp3) is 0.190. The van der Waals surface area contributed by atoms with E-state index < -0.39 is 22.0 Å². The highest BCUT2D eigenvalue weighted by atomic mass is 32.2. The second kappa shape index (κ2) is 8.60. The zero-order valence-corrected chi connectivity index (χ0v) is 18.2. The molecule has 2 aromatic heterocycles. The van der Waals surface area contributed by atoms with Gasteiger partial charge in [0, 0.05) is 6.20 Å². The molecule has 0 fully saturated rings. The summed E-state index contributed by atoms with van der Waals surface area (Å²) in [6, 6.07) is 11.2. The van der Waals surface area contributed by atoms with Crippen LogP contribution in [0.4, 0.5) is 0 Å². The maximum atomic E-state index is 13.1. The van der Waals surface area contributed by atoms with Gasteiger partial charge in [-0.25, -0.2) is 19.1 Å². The summed E-state index contributed by atoms with van der Waals surface area (Å²) in [4.78, 5) is 31.8. The van der Waals surface area contributed by atoms with Gasteiger partial charge in [-0.1, -0.05) is 23.8 Å². The smallest absolute Gasteiger partial charge is 0.341 e. The molecule has 0 radical (unpaired) electrons. The van der Waals surface area contributed by atoms with Gasteiger partial charge >= 0.3 is 11.9 Å². The number of nitrogens with one attached hydrogen (secondary N) is 1. The summed E-state index contributed by atoms with van der Waals surface area (Å²) < 4.78 is 37.0. The van der Waals surface area contributed by atoms with E-state index in [4.69, 9.17) is 9.47 Å². The van der Waals surface area contributed by atoms with Crippen molar-refractivity contribution in [3.8, 4) is 11.4 Å². The second-order valence-corrected chi connectivity index (χ2v) is 8.29. The Labute approximate surface area is 179 Å². The molecule has 3 rings (SSSR count). The van der Waals surface area contributed by atoms with Crippen LogP contribution in [0.15, 0.2) is 53.6 Å². The first-order valence-corrected chi connectivity index (χ1v) is 10.6. The molecule has 0 bridgehead atoms. The van der Waals surface area contributed by atoms with Gasteiger partial charge in [0.1, 0.15) is 11.3 Å². The van der Waals surface area contributed by atoms with Crippen molar-refractivity contribution in [1.29, 1.82) is 0 Å².